The van der Waals surface area contributed by atoms with Crippen LogP contribution < -0.4 is 5.32 Å². The van der Waals surface area contributed by atoms with Crippen molar-refractivity contribution in [2.45, 2.75) is 77.3 Å². The first kappa shape index (κ1) is 14.3. The van der Waals surface area contributed by atoms with Gasteiger partial charge in [-0.25, -0.2) is 0 Å². The van der Waals surface area contributed by atoms with Gasteiger partial charge in [-0.1, -0.05) is 32.6 Å². The SMILES string of the molecule is CCCC1CCCC(NC(C)C2CCOC2)CC1. The molecule has 2 nitrogen and oxygen atoms in total. The minimum atomic E-state index is 0.639. The lowest BCUT2D eigenvalue weighted by Gasteiger charge is -2.25. The Morgan fingerprint density at radius 1 is 1.17 bits per heavy atom. The molecule has 106 valence electrons. The summed E-state index contributed by atoms with van der Waals surface area (Å²) in [6.07, 6.45) is 11.2. The Kier molecular flexibility index (Phi) is 5.97. The van der Waals surface area contributed by atoms with E-state index < -0.39 is 0 Å². The van der Waals surface area contributed by atoms with Gasteiger partial charge in [0.2, 0.25) is 0 Å². The van der Waals surface area contributed by atoms with Crippen LogP contribution in [0.25, 0.3) is 0 Å². The van der Waals surface area contributed by atoms with E-state index in [1.54, 1.807) is 0 Å². The minimum absolute atomic E-state index is 0.639. The van der Waals surface area contributed by atoms with Crippen molar-refractivity contribution in [2.75, 3.05) is 13.2 Å². The third-order valence-corrected chi connectivity index (χ3v) is 4.96. The molecule has 4 unspecified atom stereocenters. The van der Waals surface area contributed by atoms with E-state index in [-0.39, 0.29) is 0 Å². The number of nitrogens with one attached hydrogen (secondary N) is 1. The summed E-state index contributed by atoms with van der Waals surface area (Å²) in [5, 5.41) is 3.88. The van der Waals surface area contributed by atoms with Crippen LogP contribution in [0.15, 0.2) is 0 Å². The molecule has 0 radical (unpaired) electrons. The Hall–Kier alpha value is -0.0800. The van der Waals surface area contributed by atoms with E-state index in [2.05, 4.69) is 19.2 Å². The highest BCUT2D eigenvalue weighted by molar-refractivity contribution is 4.82. The fraction of sp³-hybridized carbons (Fsp3) is 1.00. The van der Waals surface area contributed by atoms with Gasteiger partial charge in [0.05, 0.1) is 6.61 Å². The normalized spacial score (nSPS) is 35.3. The summed E-state index contributed by atoms with van der Waals surface area (Å²) in [5.41, 5.74) is 0. The smallest absolute Gasteiger partial charge is 0.0509 e. The summed E-state index contributed by atoms with van der Waals surface area (Å²) in [7, 11) is 0. The zero-order valence-corrected chi connectivity index (χ0v) is 12.3. The minimum Gasteiger partial charge on any atom is -0.381 e. The van der Waals surface area contributed by atoms with Crippen LogP contribution in [-0.2, 0) is 4.74 Å². The molecular formula is C16H31NO. The molecule has 1 saturated heterocycles. The van der Waals surface area contributed by atoms with E-state index in [1.165, 1.54) is 51.4 Å². The van der Waals surface area contributed by atoms with Gasteiger partial charge < -0.3 is 10.1 Å². The first-order valence-electron chi connectivity index (χ1n) is 8.13. The molecule has 2 fully saturated rings. The Morgan fingerprint density at radius 2 is 2.06 bits per heavy atom. The summed E-state index contributed by atoms with van der Waals surface area (Å²) in [5.74, 6) is 1.76. The molecule has 0 spiro atoms. The zero-order chi connectivity index (χ0) is 12.8. The molecule has 1 heterocycles. The van der Waals surface area contributed by atoms with Crippen molar-refractivity contribution >= 4 is 0 Å². The summed E-state index contributed by atoms with van der Waals surface area (Å²) in [6.45, 7) is 6.62. The van der Waals surface area contributed by atoms with E-state index in [9.17, 15) is 0 Å². The summed E-state index contributed by atoms with van der Waals surface area (Å²) >= 11 is 0. The summed E-state index contributed by atoms with van der Waals surface area (Å²) < 4.78 is 5.50. The van der Waals surface area contributed by atoms with Crippen molar-refractivity contribution in [2.24, 2.45) is 11.8 Å². The third-order valence-electron chi connectivity index (χ3n) is 4.96. The number of hydrogen-bond donors (Lipinski definition) is 1. The Balaban J connectivity index is 1.72. The number of rotatable bonds is 5. The molecule has 4 atom stereocenters. The van der Waals surface area contributed by atoms with Crippen molar-refractivity contribution in [3.8, 4) is 0 Å². The maximum Gasteiger partial charge on any atom is 0.0509 e. The second kappa shape index (κ2) is 7.49. The van der Waals surface area contributed by atoms with Gasteiger partial charge in [-0.15, -0.1) is 0 Å². The van der Waals surface area contributed by atoms with Gasteiger partial charge in [0.25, 0.3) is 0 Å². The van der Waals surface area contributed by atoms with E-state index in [0.717, 1.165) is 31.1 Å². The quantitative estimate of drug-likeness (QED) is 0.753. The molecule has 18 heavy (non-hydrogen) atoms. The van der Waals surface area contributed by atoms with Gasteiger partial charge in [-0.05, 0) is 44.4 Å². The second-order valence-electron chi connectivity index (χ2n) is 6.44. The molecule has 1 saturated carbocycles. The zero-order valence-electron chi connectivity index (χ0n) is 12.3. The van der Waals surface area contributed by atoms with Crippen molar-refractivity contribution in [3.05, 3.63) is 0 Å². The highest BCUT2D eigenvalue weighted by atomic mass is 16.5. The summed E-state index contributed by atoms with van der Waals surface area (Å²) in [4.78, 5) is 0. The van der Waals surface area contributed by atoms with Crippen molar-refractivity contribution in [1.82, 2.24) is 5.32 Å². The Bertz CT molecular complexity index is 225. The lowest BCUT2D eigenvalue weighted by molar-refractivity contribution is 0.176. The molecule has 0 amide bonds. The molecule has 0 bridgehead atoms. The number of hydrogen-bond acceptors (Lipinski definition) is 2. The van der Waals surface area contributed by atoms with Crippen molar-refractivity contribution < 1.29 is 4.74 Å². The van der Waals surface area contributed by atoms with Crippen LogP contribution in [0.3, 0.4) is 0 Å². The molecule has 2 heteroatoms. The summed E-state index contributed by atoms with van der Waals surface area (Å²) in [6, 6.07) is 1.41. The van der Waals surface area contributed by atoms with Crippen LogP contribution in [0.1, 0.15) is 65.2 Å². The molecule has 0 aromatic rings. The molecule has 0 aromatic carbocycles. The fourth-order valence-corrected chi connectivity index (χ4v) is 3.70. The lowest BCUT2D eigenvalue weighted by Crippen LogP contribution is -2.41. The van der Waals surface area contributed by atoms with E-state index >= 15 is 0 Å². The monoisotopic (exact) mass is 253 g/mol. The molecule has 1 aliphatic carbocycles. The van der Waals surface area contributed by atoms with Gasteiger partial charge in [0.1, 0.15) is 0 Å². The van der Waals surface area contributed by atoms with Crippen molar-refractivity contribution in [3.63, 3.8) is 0 Å². The van der Waals surface area contributed by atoms with Crippen LogP contribution >= 0.6 is 0 Å². The maximum atomic E-state index is 5.50. The first-order valence-corrected chi connectivity index (χ1v) is 8.13. The van der Waals surface area contributed by atoms with Crippen molar-refractivity contribution in [1.29, 1.82) is 0 Å². The molecule has 2 aliphatic rings. The second-order valence-corrected chi connectivity index (χ2v) is 6.44. The predicted octanol–water partition coefficient (Wildman–Crippen LogP) is 3.75. The highest BCUT2D eigenvalue weighted by Gasteiger charge is 2.25. The molecule has 2 rings (SSSR count). The van der Waals surface area contributed by atoms with Crippen LogP contribution in [-0.4, -0.2) is 25.3 Å². The first-order chi connectivity index (χ1) is 8.79. The van der Waals surface area contributed by atoms with Gasteiger partial charge in [-0.2, -0.15) is 0 Å². The molecule has 1 aliphatic heterocycles. The van der Waals surface area contributed by atoms with E-state index in [4.69, 9.17) is 4.74 Å². The number of ether oxygens (including phenoxy) is 1. The largest absolute Gasteiger partial charge is 0.381 e. The molecular weight excluding hydrogens is 222 g/mol. The Labute approximate surface area is 113 Å². The fourth-order valence-electron chi connectivity index (χ4n) is 3.70. The van der Waals surface area contributed by atoms with Crippen LogP contribution in [0.2, 0.25) is 0 Å². The van der Waals surface area contributed by atoms with Gasteiger partial charge in [0, 0.05) is 18.7 Å². The Morgan fingerprint density at radius 3 is 2.78 bits per heavy atom. The van der Waals surface area contributed by atoms with Crippen LogP contribution in [0.5, 0.6) is 0 Å². The molecule has 1 N–H and O–H groups in total. The maximum absolute atomic E-state index is 5.50. The van der Waals surface area contributed by atoms with Gasteiger partial charge >= 0.3 is 0 Å². The molecule has 0 aromatic heterocycles. The van der Waals surface area contributed by atoms with Gasteiger partial charge in [-0.3, -0.25) is 0 Å². The average Bonchev–Trinajstić information content (AvgIpc) is 2.81. The van der Waals surface area contributed by atoms with Crippen LogP contribution in [0.4, 0.5) is 0 Å². The van der Waals surface area contributed by atoms with Gasteiger partial charge in [0.15, 0.2) is 0 Å². The predicted molar refractivity (Wildman–Crippen MR) is 76.8 cm³/mol. The average molecular weight is 253 g/mol. The standard InChI is InChI=1S/C16H31NO/c1-3-5-14-6-4-7-16(9-8-14)17-13(2)15-10-11-18-12-15/h13-17H,3-12H2,1-2H3. The van der Waals surface area contributed by atoms with Crippen LogP contribution in [0, 0.1) is 11.8 Å². The van der Waals surface area contributed by atoms with E-state index in [0.29, 0.717) is 6.04 Å². The lowest BCUT2D eigenvalue weighted by atomic mass is 9.95. The highest BCUT2D eigenvalue weighted by Crippen LogP contribution is 2.27. The topological polar surface area (TPSA) is 21.3 Å². The third kappa shape index (κ3) is 4.24. The van der Waals surface area contributed by atoms with E-state index in [1.807, 2.05) is 0 Å².